The number of benzene rings is 1. The van der Waals surface area contributed by atoms with Crippen LogP contribution in [0.4, 0.5) is 5.69 Å². The van der Waals surface area contributed by atoms with Crippen molar-refractivity contribution in [1.29, 1.82) is 5.26 Å². The van der Waals surface area contributed by atoms with Gasteiger partial charge in [-0.25, -0.2) is 0 Å². The van der Waals surface area contributed by atoms with Crippen LogP contribution in [0.3, 0.4) is 0 Å². The van der Waals surface area contributed by atoms with Gasteiger partial charge in [-0.2, -0.15) is 5.26 Å². The monoisotopic (exact) mass is 222 g/mol. The summed E-state index contributed by atoms with van der Waals surface area (Å²) in [6.45, 7) is 1.92. The van der Waals surface area contributed by atoms with E-state index in [1.807, 2.05) is 18.4 Å². The number of nitrogens with zero attached hydrogens (tertiary/aromatic N) is 2. The lowest BCUT2D eigenvalue weighted by Crippen LogP contribution is -2.00. The van der Waals surface area contributed by atoms with Gasteiger partial charge in [0.05, 0.1) is 4.92 Å². The fraction of sp³-hybridized carbons (Fsp3) is 0.300. The molecule has 1 unspecified atom stereocenters. The molecule has 0 amide bonds. The van der Waals surface area contributed by atoms with Gasteiger partial charge in [-0.1, -0.05) is 19.1 Å². The maximum Gasteiger partial charge on any atom is 0.269 e. The molecule has 1 rings (SSSR count). The molecule has 0 saturated heterocycles. The lowest BCUT2D eigenvalue weighted by Gasteiger charge is -2.05. The van der Waals surface area contributed by atoms with Gasteiger partial charge in [-0.3, -0.25) is 10.1 Å². The number of hydrogen-bond donors (Lipinski definition) is 0. The van der Waals surface area contributed by atoms with E-state index >= 15 is 0 Å². The molecule has 0 aliphatic heterocycles. The summed E-state index contributed by atoms with van der Waals surface area (Å²) in [4.78, 5) is 10.1. The Bertz CT molecular complexity index is 401. The van der Waals surface area contributed by atoms with E-state index in [4.69, 9.17) is 5.26 Å². The average molecular weight is 222 g/mol. The molecule has 0 aliphatic carbocycles. The first-order valence-electron chi connectivity index (χ1n) is 4.41. The molecule has 0 N–H and O–H groups in total. The Balaban J connectivity index is 2.74. The van der Waals surface area contributed by atoms with Crippen molar-refractivity contribution in [3.8, 4) is 5.40 Å². The summed E-state index contributed by atoms with van der Waals surface area (Å²) >= 11 is 1.18. The van der Waals surface area contributed by atoms with E-state index in [0.29, 0.717) is 6.42 Å². The Hall–Kier alpha value is -1.54. The maximum absolute atomic E-state index is 10.5. The SMILES string of the molecule is CC(Cc1cccc([N+](=O)[O-])c1)SC#N. The molecule has 0 fully saturated rings. The summed E-state index contributed by atoms with van der Waals surface area (Å²) in [5.41, 5.74) is 0.987. The van der Waals surface area contributed by atoms with Crippen molar-refractivity contribution >= 4 is 17.4 Å². The predicted molar refractivity (Wildman–Crippen MR) is 59.5 cm³/mol. The molecule has 1 atom stereocenters. The maximum atomic E-state index is 10.5. The molecule has 15 heavy (non-hydrogen) atoms. The zero-order valence-electron chi connectivity index (χ0n) is 8.21. The number of rotatable bonds is 4. The number of thioether (sulfide) groups is 1. The first kappa shape index (κ1) is 11.5. The van der Waals surface area contributed by atoms with Crippen molar-refractivity contribution in [2.24, 2.45) is 0 Å². The minimum Gasteiger partial charge on any atom is -0.258 e. The van der Waals surface area contributed by atoms with Crippen molar-refractivity contribution in [3.05, 3.63) is 39.9 Å². The third kappa shape index (κ3) is 3.60. The van der Waals surface area contributed by atoms with Crippen LogP contribution in [-0.2, 0) is 6.42 Å². The quantitative estimate of drug-likeness (QED) is 0.446. The summed E-state index contributed by atoms with van der Waals surface area (Å²) in [5, 5.41) is 21.1. The lowest BCUT2D eigenvalue weighted by atomic mass is 10.1. The largest absolute Gasteiger partial charge is 0.269 e. The second-order valence-corrected chi connectivity index (χ2v) is 4.37. The van der Waals surface area contributed by atoms with E-state index in [1.54, 1.807) is 12.1 Å². The van der Waals surface area contributed by atoms with Gasteiger partial charge in [0, 0.05) is 17.4 Å². The third-order valence-corrected chi connectivity index (χ3v) is 2.57. The van der Waals surface area contributed by atoms with Gasteiger partial charge in [0.1, 0.15) is 5.40 Å². The van der Waals surface area contributed by atoms with Gasteiger partial charge >= 0.3 is 0 Å². The number of nitro benzene ring substituents is 1. The molecule has 1 aromatic rings. The molecule has 0 aliphatic rings. The molecule has 0 spiro atoms. The molecule has 78 valence electrons. The van der Waals surface area contributed by atoms with Gasteiger partial charge < -0.3 is 0 Å². The van der Waals surface area contributed by atoms with Crippen molar-refractivity contribution in [1.82, 2.24) is 0 Å². The van der Waals surface area contributed by atoms with Crippen LogP contribution in [0.1, 0.15) is 12.5 Å². The van der Waals surface area contributed by atoms with Gasteiger partial charge in [0.15, 0.2) is 0 Å². The third-order valence-electron chi connectivity index (χ3n) is 1.90. The second-order valence-electron chi connectivity index (χ2n) is 3.15. The topological polar surface area (TPSA) is 66.9 Å². The molecule has 5 heteroatoms. The highest BCUT2D eigenvalue weighted by Crippen LogP contribution is 2.18. The smallest absolute Gasteiger partial charge is 0.258 e. The summed E-state index contributed by atoms with van der Waals surface area (Å²) in [7, 11) is 0. The number of thiocyanates is 1. The van der Waals surface area contributed by atoms with Crippen LogP contribution >= 0.6 is 11.8 Å². The van der Waals surface area contributed by atoms with Crippen LogP contribution in [0.25, 0.3) is 0 Å². The van der Waals surface area contributed by atoms with Crippen LogP contribution in [0.15, 0.2) is 24.3 Å². The number of non-ortho nitro benzene ring substituents is 1. The average Bonchev–Trinajstić information content (AvgIpc) is 2.18. The van der Waals surface area contributed by atoms with E-state index in [2.05, 4.69) is 0 Å². The van der Waals surface area contributed by atoms with Crippen LogP contribution in [0.2, 0.25) is 0 Å². The predicted octanol–water partition coefficient (Wildman–Crippen LogP) is 2.74. The van der Waals surface area contributed by atoms with E-state index in [1.165, 1.54) is 17.8 Å². The van der Waals surface area contributed by atoms with E-state index in [-0.39, 0.29) is 10.9 Å². The fourth-order valence-electron chi connectivity index (χ4n) is 1.26. The van der Waals surface area contributed by atoms with Crippen molar-refractivity contribution in [2.45, 2.75) is 18.6 Å². The highest BCUT2D eigenvalue weighted by atomic mass is 32.2. The summed E-state index contributed by atoms with van der Waals surface area (Å²) in [6.07, 6.45) is 0.667. The molecular weight excluding hydrogens is 212 g/mol. The minimum atomic E-state index is -0.411. The van der Waals surface area contributed by atoms with E-state index in [9.17, 15) is 10.1 Å². The highest BCUT2D eigenvalue weighted by molar-refractivity contribution is 8.04. The van der Waals surface area contributed by atoms with Crippen molar-refractivity contribution in [3.63, 3.8) is 0 Å². The Kier molecular flexibility index (Phi) is 4.13. The summed E-state index contributed by atoms with van der Waals surface area (Å²) < 4.78 is 0. The Morgan fingerprint density at radius 1 is 1.67 bits per heavy atom. The van der Waals surface area contributed by atoms with Crippen molar-refractivity contribution < 1.29 is 4.92 Å². The van der Waals surface area contributed by atoms with Crippen LogP contribution in [0.5, 0.6) is 0 Å². The van der Waals surface area contributed by atoms with Gasteiger partial charge in [0.2, 0.25) is 0 Å². The number of nitro groups is 1. The first-order valence-corrected chi connectivity index (χ1v) is 5.29. The van der Waals surface area contributed by atoms with Crippen LogP contribution < -0.4 is 0 Å². The van der Waals surface area contributed by atoms with Crippen LogP contribution in [-0.4, -0.2) is 10.2 Å². The number of nitriles is 1. The van der Waals surface area contributed by atoms with Crippen molar-refractivity contribution in [2.75, 3.05) is 0 Å². The van der Waals surface area contributed by atoms with Gasteiger partial charge in [-0.15, -0.1) is 0 Å². The zero-order valence-corrected chi connectivity index (χ0v) is 9.03. The summed E-state index contributed by atoms with van der Waals surface area (Å²) in [5.74, 6) is 0. The first-order chi connectivity index (χ1) is 7.13. The minimum absolute atomic E-state index is 0.0988. The molecule has 0 radical (unpaired) electrons. The highest BCUT2D eigenvalue weighted by Gasteiger charge is 2.08. The molecule has 4 nitrogen and oxygen atoms in total. The molecule has 0 aromatic heterocycles. The number of hydrogen-bond acceptors (Lipinski definition) is 4. The summed E-state index contributed by atoms with van der Waals surface area (Å²) in [6, 6.07) is 6.51. The zero-order chi connectivity index (χ0) is 11.3. The molecule has 1 aromatic carbocycles. The Labute approximate surface area is 92.1 Å². The van der Waals surface area contributed by atoms with E-state index in [0.717, 1.165) is 5.56 Å². The Morgan fingerprint density at radius 2 is 2.40 bits per heavy atom. The van der Waals surface area contributed by atoms with Gasteiger partial charge in [-0.05, 0) is 23.7 Å². The Morgan fingerprint density at radius 3 is 3.00 bits per heavy atom. The second kappa shape index (κ2) is 5.37. The molecule has 0 saturated carbocycles. The standard InChI is InChI=1S/C10H10N2O2S/c1-8(15-7-11)5-9-3-2-4-10(6-9)12(13)14/h2-4,6,8H,5H2,1H3. The fourth-order valence-corrected chi connectivity index (χ4v) is 1.72. The molecule has 0 heterocycles. The molecular formula is C10H10N2O2S. The normalized spacial score (nSPS) is 11.7. The molecule has 0 bridgehead atoms. The van der Waals surface area contributed by atoms with Gasteiger partial charge in [0.25, 0.3) is 5.69 Å². The van der Waals surface area contributed by atoms with E-state index < -0.39 is 4.92 Å². The van der Waals surface area contributed by atoms with Crippen LogP contribution in [0, 0.1) is 20.8 Å². The lowest BCUT2D eigenvalue weighted by molar-refractivity contribution is -0.384.